The van der Waals surface area contributed by atoms with Crippen LogP contribution in [0, 0.1) is 6.92 Å². The van der Waals surface area contributed by atoms with E-state index in [0.717, 1.165) is 17.0 Å². The minimum Gasteiger partial charge on any atom is -0.497 e. The molecule has 0 saturated heterocycles. The fourth-order valence-corrected chi connectivity index (χ4v) is 3.25. The smallest absolute Gasteiger partial charge is 0.293 e. The number of fused-ring (bicyclic) bond motifs is 1. The number of hydrogen-bond donors (Lipinski definition) is 1. The molecule has 0 aliphatic carbocycles. The molecule has 0 radical (unpaired) electrons. The maximum absolute atomic E-state index is 12.1. The van der Waals surface area contributed by atoms with E-state index in [0.29, 0.717) is 10.7 Å². The zero-order valence-electron chi connectivity index (χ0n) is 13.5. The number of rotatable bonds is 4. The number of nitrogens with zero attached hydrogens (tertiary/aromatic N) is 3. The maximum atomic E-state index is 12.1. The molecule has 7 nitrogen and oxygen atoms in total. The van der Waals surface area contributed by atoms with Crippen molar-refractivity contribution in [1.29, 1.82) is 0 Å². The van der Waals surface area contributed by atoms with Crippen molar-refractivity contribution in [2.75, 3.05) is 12.4 Å². The van der Waals surface area contributed by atoms with Crippen molar-refractivity contribution in [2.24, 2.45) is 0 Å². The molecule has 126 valence electrons. The van der Waals surface area contributed by atoms with E-state index >= 15 is 0 Å². The molecule has 0 aliphatic heterocycles. The lowest BCUT2D eigenvalue weighted by Gasteiger charge is -2.02. The molecule has 1 N–H and O–H groups in total. The zero-order valence-corrected chi connectivity index (χ0v) is 14.3. The predicted octanol–water partition coefficient (Wildman–Crippen LogP) is 3.62. The van der Waals surface area contributed by atoms with Gasteiger partial charge in [-0.1, -0.05) is 0 Å². The SMILES string of the molecule is COc1ccc(-c2csc3nc(NC(=O)c4ccc(C)o4)nn23)cc1. The highest BCUT2D eigenvalue weighted by Crippen LogP contribution is 2.27. The number of methoxy groups -OCH3 is 1. The molecule has 8 heteroatoms. The van der Waals surface area contributed by atoms with Crippen molar-refractivity contribution in [2.45, 2.75) is 6.92 Å². The van der Waals surface area contributed by atoms with Gasteiger partial charge < -0.3 is 9.15 Å². The van der Waals surface area contributed by atoms with E-state index in [2.05, 4.69) is 15.4 Å². The number of aromatic nitrogens is 3. The third-order valence-corrected chi connectivity index (χ3v) is 4.47. The second-order valence-corrected chi connectivity index (χ2v) is 6.18. The van der Waals surface area contributed by atoms with Gasteiger partial charge in [0.05, 0.1) is 12.8 Å². The highest BCUT2D eigenvalue weighted by Gasteiger charge is 2.16. The maximum Gasteiger partial charge on any atom is 0.293 e. The Bertz CT molecular complexity index is 1050. The Balaban J connectivity index is 1.62. The lowest BCUT2D eigenvalue weighted by Crippen LogP contribution is -2.12. The van der Waals surface area contributed by atoms with Crippen LogP contribution in [0.15, 0.2) is 46.2 Å². The molecule has 0 saturated carbocycles. The van der Waals surface area contributed by atoms with E-state index < -0.39 is 0 Å². The van der Waals surface area contributed by atoms with Crippen molar-refractivity contribution >= 4 is 28.2 Å². The number of hydrogen-bond acceptors (Lipinski definition) is 6. The number of anilines is 1. The molecule has 0 unspecified atom stereocenters. The van der Waals surface area contributed by atoms with E-state index in [1.54, 1.807) is 30.7 Å². The quantitative estimate of drug-likeness (QED) is 0.605. The van der Waals surface area contributed by atoms with Crippen LogP contribution in [-0.2, 0) is 0 Å². The standard InChI is InChI=1S/C17H14N4O3S/c1-10-3-8-14(24-10)15(22)18-16-19-17-21(20-16)13(9-25-17)11-4-6-12(23-2)7-5-11/h3-9H,1-2H3,(H,18,20,22). The highest BCUT2D eigenvalue weighted by molar-refractivity contribution is 7.15. The van der Waals surface area contributed by atoms with Crippen molar-refractivity contribution in [3.8, 4) is 17.0 Å². The number of amides is 1. The van der Waals surface area contributed by atoms with Crippen LogP contribution in [0.2, 0.25) is 0 Å². The lowest BCUT2D eigenvalue weighted by atomic mass is 10.2. The first kappa shape index (κ1) is 15.4. The van der Waals surface area contributed by atoms with Crippen LogP contribution in [-0.4, -0.2) is 27.6 Å². The lowest BCUT2D eigenvalue weighted by molar-refractivity contribution is 0.0994. The molecular formula is C17H14N4O3S. The van der Waals surface area contributed by atoms with Crippen molar-refractivity contribution in [3.05, 3.63) is 53.3 Å². The van der Waals surface area contributed by atoms with Gasteiger partial charge in [0.15, 0.2) is 5.76 Å². The minimum absolute atomic E-state index is 0.228. The van der Waals surface area contributed by atoms with Gasteiger partial charge in [-0.05, 0) is 43.3 Å². The Kier molecular flexibility index (Phi) is 3.73. The third-order valence-electron chi connectivity index (χ3n) is 3.66. The Morgan fingerprint density at radius 3 is 2.72 bits per heavy atom. The summed E-state index contributed by atoms with van der Waals surface area (Å²) >= 11 is 1.45. The number of nitrogens with one attached hydrogen (secondary N) is 1. The molecule has 4 rings (SSSR count). The molecule has 0 spiro atoms. The number of furan rings is 1. The molecule has 25 heavy (non-hydrogen) atoms. The number of carbonyl (C=O) groups excluding carboxylic acids is 1. The number of thiazole rings is 1. The molecule has 4 aromatic rings. The van der Waals surface area contributed by atoms with Gasteiger partial charge in [-0.3, -0.25) is 10.1 Å². The van der Waals surface area contributed by atoms with Gasteiger partial charge in [0.1, 0.15) is 11.5 Å². The molecule has 1 amide bonds. The summed E-state index contributed by atoms with van der Waals surface area (Å²) in [6.07, 6.45) is 0. The monoisotopic (exact) mass is 354 g/mol. The fourth-order valence-electron chi connectivity index (χ4n) is 2.41. The Labute approximate surface area is 146 Å². The molecular weight excluding hydrogens is 340 g/mol. The summed E-state index contributed by atoms with van der Waals surface area (Å²) in [6, 6.07) is 11.0. The predicted molar refractivity (Wildman–Crippen MR) is 94.3 cm³/mol. The Morgan fingerprint density at radius 1 is 1.24 bits per heavy atom. The van der Waals surface area contributed by atoms with Gasteiger partial charge in [0.25, 0.3) is 11.9 Å². The van der Waals surface area contributed by atoms with Gasteiger partial charge >= 0.3 is 0 Å². The van der Waals surface area contributed by atoms with E-state index in [9.17, 15) is 4.79 Å². The topological polar surface area (TPSA) is 81.7 Å². The molecule has 0 fully saturated rings. The summed E-state index contributed by atoms with van der Waals surface area (Å²) in [5, 5.41) is 9.00. The highest BCUT2D eigenvalue weighted by atomic mass is 32.1. The van der Waals surface area contributed by atoms with Crippen LogP contribution < -0.4 is 10.1 Å². The van der Waals surface area contributed by atoms with Gasteiger partial charge in [0, 0.05) is 10.9 Å². The van der Waals surface area contributed by atoms with E-state index in [1.165, 1.54) is 11.3 Å². The fraction of sp³-hybridized carbons (Fsp3) is 0.118. The van der Waals surface area contributed by atoms with Gasteiger partial charge in [-0.2, -0.15) is 4.98 Å². The Morgan fingerprint density at radius 2 is 2.04 bits per heavy atom. The van der Waals surface area contributed by atoms with Gasteiger partial charge in [-0.15, -0.1) is 16.4 Å². The summed E-state index contributed by atoms with van der Waals surface area (Å²) in [5.74, 6) is 1.55. The first-order valence-corrected chi connectivity index (χ1v) is 8.38. The molecule has 0 atom stereocenters. The minimum atomic E-state index is -0.377. The van der Waals surface area contributed by atoms with Gasteiger partial charge in [-0.25, -0.2) is 4.52 Å². The first-order valence-electron chi connectivity index (χ1n) is 7.50. The second kappa shape index (κ2) is 6.06. The largest absolute Gasteiger partial charge is 0.497 e. The van der Waals surface area contributed by atoms with Crippen LogP contribution in [0.4, 0.5) is 5.95 Å². The van der Waals surface area contributed by atoms with Crippen LogP contribution in [0.25, 0.3) is 16.2 Å². The number of ether oxygens (including phenoxy) is 1. The van der Waals surface area contributed by atoms with E-state index in [4.69, 9.17) is 9.15 Å². The normalized spacial score (nSPS) is 11.0. The molecule has 3 aromatic heterocycles. The van der Waals surface area contributed by atoms with Crippen molar-refractivity contribution in [1.82, 2.24) is 14.6 Å². The van der Waals surface area contributed by atoms with E-state index in [-0.39, 0.29) is 17.6 Å². The molecule has 1 aromatic carbocycles. The van der Waals surface area contributed by atoms with E-state index in [1.807, 2.05) is 29.6 Å². The van der Waals surface area contributed by atoms with Crippen molar-refractivity contribution < 1.29 is 13.9 Å². The third kappa shape index (κ3) is 2.87. The summed E-state index contributed by atoms with van der Waals surface area (Å²) in [6.45, 7) is 1.78. The number of aryl methyl sites for hydroxylation is 1. The Hall–Kier alpha value is -3.13. The molecule has 3 heterocycles. The van der Waals surface area contributed by atoms with Gasteiger partial charge in [0.2, 0.25) is 4.96 Å². The second-order valence-electron chi connectivity index (χ2n) is 5.34. The van der Waals surface area contributed by atoms with Crippen LogP contribution >= 0.6 is 11.3 Å². The van der Waals surface area contributed by atoms with Crippen LogP contribution in [0.1, 0.15) is 16.3 Å². The number of carbonyl (C=O) groups is 1. The van der Waals surface area contributed by atoms with Crippen molar-refractivity contribution in [3.63, 3.8) is 0 Å². The molecule has 0 aliphatic rings. The summed E-state index contributed by atoms with van der Waals surface area (Å²) in [4.78, 5) is 17.2. The molecule has 0 bridgehead atoms. The first-order chi connectivity index (χ1) is 12.1. The summed E-state index contributed by atoms with van der Waals surface area (Å²) in [5.41, 5.74) is 1.88. The van der Waals surface area contributed by atoms with Crippen LogP contribution in [0.3, 0.4) is 0 Å². The average molecular weight is 354 g/mol. The average Bonchev–Trinajstić information content (AvgIpc) is 3.30. The number of benzene rings is 1. The zero-order chi connectivity index (χ0) is 17.4. The van der Waals surface area contributed by atoms with Crippen LogP contribution in [0.5, 0.6) is 5.75 Å². The summed E-state index contributed by atoms with van der Waals surface area (Å²) < 4.78 is 12.2. The summed E-state index contributed by atoms with van der Waals surface area (Å²) in [7, 11) is 1.63.